The van der Waals surface area contributed by atoms with Gasteiger partial charge in [-0.25, -0.2) is 0 Å². The van der Waals surface area contributed by atoms with Crippen LogP contribution in [0, 0.1) is 11.5 Å². The maximum Gasteiger partial charge on any atom is 0.124 e. The van der Waals surface area contributed by atoms with E-state index in [4.69, 9.17) is 11.1 Å². The van der Waals surface area contributed by atoms with Crippen molar-refractivity contribution < 1.29 is 0 Å². The summed E-state index contributed by atoms with van der Waals surface area (Å²) in [5.41, 5.74) is 8.16. The fraction of sp³-hybridized carbons (Fsp3) is 0. The molecule has 15 heavy (non-hydrogen) atoms. The largest absolute Gasteiger partial charge is 0.384 e. The Hall–Kier alpha value is -2.09. The van der Waals surface area contributed by atoms with Crippen molar-refractivity contribution in [3.63, 3.8) is 0 Å². The molecular formula is C13H11N2. The smallest absolute Gasteiger partial charge is 0.124 e. The van der Waals surface area contributed by atoms with Gasteiger partial charge in [-0.3, -0.25) is 5.41 Å². The molecule has 0 aliphatic carbocycles. The van der Waals surface area contributed by atoms with Crippen LogP contribution in [0.3, 0.4) is 0 Å². The summed E-state index contributed by atoms with van der Waals surface area (Å²) < 4.78 is 0. The molecule has 2 aromatic carbocycles. The van der Waals surface area contributed by atoms with E-state index in [1.54, 1.807) is 6.07 Å². The molecule has 0 saturated heterocycles. The van der Waals surface area contributed by atoms with Gasteiger partial charge < -0.3 is 5.73 Å². The summed E-state index contributed by atoms with van der Waals surface area (Å²) in [6.45, 7) is 0. The lowest BCUT2D eigenvalue weighted by Gasteiger charge is -2.07. The summed E-state index contributed by atoms with van der Waals surface area (Å²) in [4.78, 5) is 0. The van der Waals surface area contributed by atoms with Crippen LogP contribution in [0.5, 0.6) is 0 Å². The fourth-order valence-electron chi connectivity index (χ4n) is 1.52. The quantitative estimate of drug-likeness (QED) is 0.561. The van der Waals surface area contributed by atoms with Crippen molar-refractivity contribution in [3.8, 4) is 11.1 Å². The summed E-state index contributed by atoms with van der Waals surface area (Å²) in [7, 11) is 0. The molecule has 0 aliphatic heterocycles. The molecule has 2 heteroatoms. The second-order valence-electron chi connectivity index (χ2n) is 3.24. The zero-order valence-electron chi connectivity index (χ0n) is 8.20. The highest BCUT2D eigenvalue weighted by Gasteiger charge is 2.05. The van der Waals surface area contributed by atoms with Gasteiger partial charge in [0.2, 0.25) is 0 Å². The Morgan fingerprint density at radius 3 is 2.47 bits per heavy atom. The first-order chi connectivity index (χ1) is 7.29. The minimum atomic E-state index is 0.0504. The van der Waals surface area contributed by atoms with Gasteiger partial charge in [0.15, 0.2) is 0 Å². The second-order valence-corrected chi connectivity index (χ2v) is 3.24. The van der Waals surface area contributed by atoms with Crippen LogP contribution in [0.25, 0.3) is 11.1 Å². The Kier molecular flexibility index (Phi) is 2.50. The van der Waals surface area contributed by atoms with E-state index >= 15 is 0 Å². The van der Waals surface area contributed by atoms with Crippen molar-refractivity contribution in [2.24, 2.45) is 5.73 Å². The lowest BCUT2D eigenvalue weighted by Crippen LogP contribution is -2.12. The van der Waals surface area contributed by atoms with Crippen molar-refractivity contribution >= 4 is 5.84 Å². The van der Waals surface area contributed by atoms with Crippen LogP contribution >= 0.6 is 0 Å². The fourth-order valence-corrected chi connectivity index (χ4v) is 1.52. The van der Waals surface area contributed by atoms with Crippen molar-refractivity contribution in [1.82, 2.24) is 0 Å². The van der Waals surface area contributed by atoms with E-state index in [0.717, 1.165) is 11.1 Å². The Balaban J connectivity index is 2.58. The van der Waals surface area contributed by atoms with E-state index in [1.165, 1.54) is 0 Å². The average molecular weight is 195 g/mol. The van der Waals surface area contributed by atoms with Crippen LogP contribution in [0.4, 0.5) is 0 Å². The van der Waals surface area contributed by atoms with Crippen LogP contribution in [0.1, 0.15) is 5.56 Å². The SMILES string of the molecule is N=C(N)c1[c]cccc1-c1ccccc1. The van der Waals surface area contributed by atoms with Crippen LogP contribution in [-0.2, 0) is 0 Å². The van der Waals surface area contributed by atoms with Gasteiger partial charge in [0.1, 0.15) is 5.84 Å². The highest BCUT2D eigenvalue weighted by Crippen LogP contribution is 2.22. The average Bonchev–Trinajstić information content (AvgIpc) is 2.30. The zero-order valence-corrected chi connectivity index (χ0v) is 8.20. The lowest BCUT2D eigenvalue weighted by atomic mass is 9.99. The molecule has 0 unspecified atom stereocenters. The number of nitrogens with two attached hydrogens (primary N) is 1. The highest BCUT2D eigenvalue weighted by molar-refractivity contribution is 6.01. The van der Waals surface area contributed by atoms with E-state index in [1.807, 2.05) is 42.5 Å². The third kappa shape index (κ3) is 1.89. The van der Waals surface area contributed by atoms with E-state index in [2.05, 4.69) is 6.07 Å². The second kappa shape index (κ2) is 3.96. The zero-order chi connectivity index (χ0) is 10.7. The monoisotopic (exact) mass is 195 g/mol. The Bertz CT molecular complexity index is 475. The van der Waals surface area contributed by atoms with Crippen LogP contribution < -0.4 is 5.73 Å². The van der Waals surface area contributed by atoms with Gasteiger partial charge in [-0.1, -0.05) is 48.5 Å². The molecule has 1 radical (unpaired) electrons. The number of amidine groups is 1. The molecule has 0 amide bonds. The number of nitrogen functional groups attached to an aromatic ring is 1. The van der Waals surface area contributed by atoms with Gasteiger partial charge in [0, 0.05) is 5.56 Å². The van der Waals surface area contributed by atoms with Crippen LogP contribution in [-0.4, -0.2) is 5.84 Å². The van der Waals surface area contributed by atoms with Crippen LogP contribution in [0.15, 0.2) is 48.5 Å². The molecule has 73 valence electrons. The molecule has 0 fully saturated rings. The molecule has 0 aromatic heterocycles. The van der Waals surface area contributed by atoms with Gasteiger partial charge in [-0.15, -0.1) is 0 Å². The van der Waals surface area contributed by atoms with Crippen molar-refractivity contribution in [3.05, 3.63) is 60.2 Å². The Labute approximate surface area is 88.9 Å². The topological polar surface area (TPSA) is 49.9 Å². The lowest BCUT2D eigenvalue weighted by molar-refractivity contribution is 1.42. The molecule has 2 nitrogen and oxygen atoms in total. The van der Waals surface area contributed by atoms with E-state index in [-0.39, 0.29) is 5.84 Å². The maximum atomic E-state index is 7.47. The van der Waals surface area contributed by atoms with Crippen molar-refractivity contribution in [2.75, 3.05) is 0 Å². The normalized spacial score (nSPS) is 9.87. The van der Waals surface area contributed by atoms with Crippen molar-refractivity contribution in [1.29, 1.82) is 5.41 Å². The molecule has 0 bridgehead atoms. The molecule has 0 aliphatic rings. The first-order valence-corrected chi connectivity index (χ1v) is 4.69. The maximum absolute atomic E-state index is 7.47. The van der Waals surface area contributed by atoms with E-state index in [0.29, 0.717) is 5.56 Å². The minimum absolute atomic E-state index is 0.0504. The van der Waals surface area contributed by atoms with E-state index in [9.17, 15) is 0 Å². The number of rotatable bonds is 2. The van der Waals surface area contributed by atoms with Crippen LogP contribution in [0.2, 0.25) is 0 Å². The third-order valence-corrected chi connectivity index (χ3v) is 2.21. The minimum Gasteiger partial charge on any atom is -0.384 e. The molecule has 0 spiro atoms. The number of hydrogen-bond acceptors (Lipinski definition) is 1. The highest BCUT2D eigenvalue weighted by atomic mass is 14.7. The summed E-state index contributed by atoms with van der Waals surface area (Å²) >= 11 is 0. The first-order valence-electron chi connectivity index (χ1n) is 4.69. The number of hydrogen-bond donors (Lipinski definition) is 2. The summed E-state index contributed by atoms with van der Waals surface area (Å²) in [6, 6.07) is 18.5. The molecule has 3 N–H and O–H groups in total. The first kappa shape index (κ1) is 9.46. The molecule has 2 rings (SSSR count). The number of benzene rings is 2. The standard InChI is InChI=1S/C13H11N2/c14-13(15)12-9-5-4-8-11(12)10-6-2-1-3-7-10/h1-8H,(H3,14,15). The summed E-state index contributed by atoms with van der Waals surface area (Å²) in [5.74, 6) is 0.0504. The van der Waals surface area contributed by atoms with Crippen molar-refractivity contribution in [2.45, 2.75) is 0 Å². The van der Waals surface area contributed by atoms with Gasteiger partial charge in [0.25, 0.3) is 0 Å². The molecule has 0 saturated carbocycles. The molecule has 2 aromatic rings. The Morgan fingerprint density at radius 1 is 1.07 bits per heavy atom. The molecular weight excluding hydrogens is 184 g/mol. The molecule has 0 atom stereocenters. The van der Waals surface area contributed by atoms with Gasteiger partial charge >= 0.3 is 0 Å². The molecule has 0 heterocycles. The van der Waals surface area contributed by atoms with E-state index < -0.39 is 0 Å². The summed E-state index contributed by atoms with van der Waals surface area (Å²) in [5, 5.41) is 7.47. The van der Waals surface area contributed by atoms with Gasteiger partial charge in [0.05, 0.1) is 0 Å². The Morgan fingerprint density at radius 2 is 1.80 bits per heavy atom. The third-order valence-electron chi connectivity index (χ3n) is 2.21. The van der Waals surface area contributed by atoms with Gasteiger partial charge in [-0.2, -0.15) is 0 Å². The predicted octanol–water partition coefficient (Wildman–Crippen LogP) is 2.44. The summed E-state index contributed by atoms with van der Waals surface area (Å²) in [6.07, 6.45) is 0. The number of nitrogens with one attached hydrogen (secondary N) is 1. The van der Waals surface area contributed by atoms with Gasteiger partial charge in [-0.05, 0) is 17.2 Å². The predicted molar refractivity (Wildman–Crippen MR) is 61.7 cm³/mol.